The number of nitrogens with one attached hydrogen (secondary N) is 1. The molecule has 0 spiro atoms. The maximum absolute atomic E-state index is 13.5. The van der Waals surface area contributed by atoms with Crippen molar-refractivity contribution in [3.05, 3.63) is 90.3 Å². The molecule has 3 N–H and O–H groups in total. The van der Waals surface area contributed by atoms with E-state index in [2.05, 4.69) is 22.2 Å². The zero-order valence-electron chi connectivity index (χ0n) is 22.1. The summed E-state index contributed by atoms with van der Waals surface area (Å²) in [7, 11) is 1.56. The molecule has 1 aliphatic rings. The lowest BCUT2D eigenvalue weighted by Gasteiger charge is -2.27. The molecule has 1 aliphatic heterocycles. The summed E-state index contributed by atoms with van der Waals surface area (Å²) in [6, 6.07) is 11.8. The second-order valence-electron chi connectivity index (χ2n) is 9.34. The number of aryl methyl sites for hydroxylation is 1. The average molecular weight is 532 g/mol. The summed E-state index contributed by atoms with van der Waals surface area (Å²) in [5, 5.41) is 31.8. The fourth-order valence-electron chi connectivity index (χ4n) is 4.60. The van der Waals surface area contributed by atoms with Gasteiger partial charge in [0.1, 0.15) is 5.75 Å². The van der Waals surface area contributed by atoms with Gasteiger partial charge < -0.3 is 25.2 Å². The van der Waals surface area contributed by atoms with Crippen LogP contribution in [-0.2, 0) is 23.4 Å². The summed E-state index contributed by atoms with van der Waals surface area (Å²) in [4.78, 5) is 27.8. The number of rotatable bonds is 12. The lowest BCUT2D eigenvalue weighted by atomic mass is 9.82. The molecule has 204 valence electrons. The Balaban J connectivity index is 1.53. The first-order valence-corrected chi connectivity index (χ1v) is 12.7. The summed E-state index contributed by atoms with van der Waals surface area (Å²) in [5.41, 5.74) is 0.796. The minimum absolute atomic E-state index is 0.0138. The Bertz CT molecular complexity index is 1370. The van der Waals surface area contributed by atoms with Gasteiger partial charge >= 0.3 is 0 Å². The number of carbonyl (C=O) groups excluding carboxylic acids is 2. The zero-order chi connectivity index (χ0) is 28.0. The standard InChI is InChI=1S/C29H33N5O5/c1-4-15-34-26-13-10-22(30-27(36)21-8-11-24(39-3)12-9-21)18-25(26)29(38,28(34)37)20(2)7-5-6-16-33-19-23(14-17-35)31-32-33/h4-5,7-13,18-20,35,38H,1,6,14-17H2,2-3H3,(H,30,36)/b7-5+/t20-,29+/m1/s1. The van der Waals surface area contributed by atoms with Gasteiger partial charge in [0.15, 0.2) is 5.60 Å². The van der Waals surface area contributed by atoms with Gasteiger partial charge in [-0.2, -0.15) is 0 Å². The quantitative estimate of drug-likeness (QED) is 0.306. The van der Waals surface area contributed by atoms with Crippen molar-refractivity contribution in [2.24, 2.45) is 5.92 Å². The highest BCUT2D eigenvalue weighted by atomic mass is 16.5. The highest BCUT2D eigenvalue weighted by Gasteiger charge is 2.52. The molecule has 2 atom stereocenters. The van der Waals surface area contributed by atoms with Crippen LogP contribution in [0.2, 0.25) is 0 Å². The zero-order valence-corrected chi connectivity index (χ0v) is 22.1. The molecule has 0 radical (unpaired) electrons. The molecule has 10 heteroatoms. The lowest BCUT2D eigenvalue weighted by Crippen LogP contribution is -2.44. The van der Waals surface area contributed by atoms with E-state index in [-0.39, 0.29) is 19.1 Å². The number of aromatic nitrogens is 3. The molecule has 0 unspecified atom stereocenters. The second-order valence-corrected chi connectivity index (χ2v) is 9.34. The van der Waals surface area contributed by atoms with Gasteiger partial charge in [-0.3, -0.25) is 14.3 Å². The molecule has 4 rings (SSSR count). The first-order valence-electron chi connectivity index (χ1n) is 12.7. The fourth-order valence-corrected chi connectivity index (χ4v) is 4.60. The van der Waals surface area contributed by atoms with Crippen LogP contribution in [0, 0.1) is 5.92 Å². The summed E-state index contributed by atoms with van der Waals surface area (Å²) in [6.45, 7) is 6.35. The maximum Gasteiger partial charge on any atom is 0.264 e. The Kier molecular flexibility index (Phi) is 8.58. The number of benzene rings is 2. The van der Waals surface area contributed by atoms with E-state index in [4.69, 9.17) is 9.84 Å². The third kappa shape index (κ3) is 5.76. The Morgan fingerprint density at radius 3 is 2.72 bits per heavy atom. The Morgan fingerprint density at radius 2 is 2.03 bits per heavy atom. The van der Waals surface area contributed by atoms with E-state index in [0.29, 0.717) is 47.6 Å². The largest absolute Gasteiger partial charge is 0.497 e. The molecule has 0 aliphatic carbocycles. The monoisotopic (exact) mass is 531 g/mol. The van der Waals surface area contributed by atoms with E-state index in [1.54, 1.807) is 73.5 Å². The maximum atomic E-state index is 13.5. The van der Waals surface area contributed by atoms with E-state index < -0.39 is 17.4 Å². The number of allylic oxidation sites excluding steroid dienone is 1. The van der Waals surface area contributed by atoms with Crippen LogP contribution in [0.3, 0.4) is 0 Å². The average Bonchev–Trinajstić information content (AvgIpc) is 3.48. The van der Waals surface area contributed by atoms with Crippen LogP contribution in [0.4, 0.5) is 11.4 Å². The number of amides is 2. The molecule has 2 heterocycles. The molecule has 0 fully saturated rings. The minimum Gasteiger partial charge on any atom is -0.497 e. The SMILES string of the molecule is C=CCN1C(=O)[C@](O)([C@H](C)/C=C/CCn2cc(CCO)nn2)c2cc(NC(=O)c3ccc(OC)cc3)ccc21. The molecule has 1 aromatic heterocycles. The number of aliphatic hydroxyl groups is 2. The predicted molar refractivity (Wildman–Crippen MR) is 148 cm³/mol. The van der Waals surface area contributed by atoms with Crippen LogP contribution in [0.15, 0.2) is 73.5 Å². The summed E-state index contributed by atoms with van der Waals surface area (Å²) in [6.07, 6.45) is 8.16. The number of hydrogen-bond acceptors (Lipinski definition) is 7. The van der Waals surface area contributed by atoms with Crippen molar-refractivity contribution in [3.63, 3.8) is 0 Å². The molecule has 0 bridgehead atoms. The first kappa shape index (κ1) is 27.7. The number of fused-ring (bicyclic) bond motifs is 1. The van der Waals surface area contributed by atoms with Crippen molar-refractivity contribution < 1.29 is 24.5 Å². The topological polar surface area (TPSA) is 130 Å². The van der Waals surface area contributed by atoms with Crippen molar-refractivity contribution >= 4 is 23.2 Å². The van der Waals surface area contributed by atoms with Crippen LogP contribution in [0.5, 0.6) is 5.75 Å². The molecule has 2 aromatic carbocycles. The smallest absolute Gasteiger partial charge is 0.264 e. The van der Waals surface area contributed by atoms with E-state index in [9.17, 15) is 14.7 Å². The van der Waals surface area contributed by atoms with Crippen LogP contribution in [0.25, 0.3) is 0 Å². The third-order valence-electron chi connectivity index (χ3n) is 6.75. The van der Waals surface area contributed by atoms with Gasteiger partial charge in [0.2, 0.25) is 0 Å². The molecule has 0 saturated carbocycles. The van der Waals surface area contributed by atoms with Gasteiger partial charge in [0, 0.05) is 55.0 Å². The van der Waals surface area contributed by atoms with E-state index in [0.717, 1.165) is 5.69 Å². The van der Waals surface area contributed by atoms with Gasteiger partial charge in [-0.15, -0.1) is 11.7 Å². The van der Waals surface area contributed by atoms with Gasteiger partial charge in [0.05, 0.1) is 18.5 Å². The molecule has 3 aromatic rings. The van der Waals surface area contributed by atoms with Crippen LogP contribution in [0.1, 0.15) is 35.0 Å². The van der Waals surface area contributed by atoms with Crippen LogP contribution in [-0.4, -0.2) is 57.3 Å². The molecule has 10 nitrogen and oxygen atoms in total. The van der Waals surface area contributed by atoms with Crippen LogP contribution >= 0.6 is 0 Å². The predicted octanol–water partition coefficient (Wildman–Crippen LogP) is 3.08. The van der Waals surface area contributed by atoms with Gasteiger partial charge in [-0.05, 0) is 48.9 Å². The van der Waals surface area contributed by atoms with Crippen LogP contribution < -0.4 is 15.0 Å². The highest BCUT2D eigenvalue weighted by Crippen LogP contribution is 2.46. The summed E-state index contributed by atoms with van der Waals surface area (Å²) >= 11 is 0. The summed E-state index contributed by atoms with van der Waals surface area (Å²) < 4.78 is 6.84. The van der Waals surface area contributed by atoms with Gasteiger partial charge in [-0.1, -0.05) is 30.4 Å². The van der Waals surface area contributed by atoms with E-state index in [1.165, 1.54) is 4.90 Å². The molecule has 0 saturated heterocycles. The number of hydrogen-bond donors (Lipinski definition) is 3. The number of nitrogens with zero attached hydrogens (tertiary/aromatic N) is 4. The third-order valence-corrected chi connectivity index (χ3v) is 6.75. The lowest BCUT2D eigenvalue weighted by molar-refractivity contribution is -0.139. The Labute approximate surface area is 227 Å². The van der Waals surface area contributed by atoms with E-state index in [1.807, 2.05) is 12.2 Å². The number of anilines is 2. The minimum atomic E-state index is -1.82. The summed E-state index contributed by atoms with van der Waals surface area (Å²) in [5.74, 6) is -0.689. The van der Waals surface area contributed by atoms with Crippen molar-refractivity contribution in [1.82, 2.24) is 15.0 Å². The van der Waals surface area contributed by atoms with E-state index >= 15 is 0 Å². The molecular formula is C29H33N5O5. The molecular weight excluding hydrogens is 498 g/mol. The number of carbonyl (C=O) groups is 2. The Morgan fingerprint density at radius 1 is 1.26 bits per heavy atom. The van der Waals surface area contributed by atoms with Crippen molar-refractivity contribution in [3.8, 4) is 5.75 Å². The number of ether oxygens (including phenoxy) is 1. The van der Waals surface area contributed by atoms with Gasteiger partial charge in [-0.25, -0.2) is 0 Å². The van der Waals surface area contributed by atoms with Crippen molar-refractivity contribution in [2.75, 3.05) is 30.5 Å². The Hall–Kier alpha value is -4.28. The molecule has 39 heavy (non-hydrogen) atoms. The van der Waals surface area contributed by atoms with Crippen molar-refractivity contribution in [1.29, 1.82) is 0 Å². The highest BCUT2D eigenvalue weighted by molar-refractivity contribution is 6.09. The normalized spacial score (nSPS) is 17.3. The first-order chi connectivity index (χ1) is 18.8. The number of methoxy groups -OCH3 is 1. The number of aliphatic hydroxyl groups excluding tert-OH is 1. The van der Waals surface area contributed by atoms with Crippen molar-refractivity contribution in [2.45, 2.75) is 31.9 Å². The second kappa shape index (κ2) is 12.1. The molecule has 2 amide bonds. The van der Waals surface area contributed by atoms with Gasteiger partial charge in [0.25, 0.3) is 11.8 Å². The fraction of sp³-hybridized carbons (Fsp3) is 0.310.